The monoisotopic (exact) mass is 285 g/mol. The van der Waals surface area contributed by atoms with Gasteiger partial charge in [-0.2, -0.15) is 0 Å². The van der Waals surface area contributed by atoms with Gasteiger partial charge >= 0.3 is 0 Å². The van der Waals surface area contributed by atoms with Gasteiger partial charge in [-0.25, -0.2) is 8.42 Å². The first-order valence-electron chi connectivity index (χ1n) is 5.52. The molecule has 1 aromatic rings. The summed E-state index contributed by atoms with van der Waals surface area (Å²) in [4.78, 5) is 20.8. The van der Waals surface area contributed by atoms with E-state index < -0.39 is 20.9 Å². The normalized spacial score (nSPS) is 20.9. The molecule has 0 spiro atoms. The number of non-ortho nitro benzene ring substituents is 1. The average molecular weight is 285 g/mol. The van der Waals surface area contributed by atoms with Crippen LogP contribution in [0.2, 0.25) is 0 Å². The SMILES string of the molecule is O=Cc1cc([N+](=O)[O-])ccc1OC1CCS(=O)(=O)C1. The zero-order valence-corrected chi connectivity index (χ0v) is 10.6. The lowest BCUT2D eigenvalue weighted by molar-refractivity contribution is -0.384. The van der Waals surface area contributed by atoms with Crippen molar-refractivity contribution >= 4 is 21.8 Å². The summed E-state index contributed by atoms with van der Waals surface area (Å²) in [5.74, 6) is 0.131. The van der Waals surface area contributed by atoms with Crippen molar-refractivity contribution in [2.24, 2.45) is 0 Å². The molecule has 0 amide bonds. The minimum Gasteiger partial charge on any atom is -0.489 e. The predicted molar refractivity (Wildman–Crippen MR) is 66.2 cm³/mol. The van der Waals surface area contributed by atoms with E-state index in [9.17, 15) is 23.3 Å². The highest BCUT2D eigenvalue weighted by Crippen LogP contribution is 2.26. The van der Waals surface area contributed by atoms with Crippen LogP contribution in [-0.2, 0) is 9.84 Å². The van der Waals surface area contributed by atoms with Crippen LogP contribution in [-0.4, -0.2) is 37.2 Å². The zero-order chi connectivity index (χ0) is 14.0. The number of hydrogen-bond donors (Lipinski definition) is 0. The van der Waals surface area contributed by atoms with Gasteiger partial charge in [-0.15, -0.1) is 0 Å². The molecule has 8 heteroatoms. The molecule has 2 rings (SSSR count). The van der Waals surface area contributed by atoms with Crippen LogP contribution in [0.15, 0.2) is 18.2 Å². The fraction of sp³-hybridized carbons (Fsp3) is 0.364. The third-order valence-electron chi connectivity index (χ3n) is 2.82. The van der Waals surface area contributed by atoms with Gasteiger partial charge in [0.2, 0.25) is 0 Å². The summed E-state index contributed by atoms with van der Waals surface area (Å²) < 4.78 is 28.0. The summed E-state index contributed by atoms with van der Waals surface area (Å²) in [6, 6.07) is 3.63. The Balaban J connectivity index is 2.21. The number of carbonyl (C=O) groups excluding carboxylic acids is 1. The third kappa shape index (κ3) is 3.08. The van der Waals surface area contributed by atoms with E-state index >= 15 is 0 Å². The van der Waals surface area contributed by atoms with Gasteiger partial charge in [0.15, 0.2) is 16.1 Å². The van der Waals surface area contributed by atoms with Crippen molar-refractivity contribution in [3.63, 3.8) is 0 Å². The Bertz CT molecular complexity index is 624. The van der Waals surface area contributed by atoms with Gasteiger partial charge in [-0.1, -0.05) is 0 Å². The van der Waals surface area contributed by atoms with Gasteiger partial charge in [0, 0.05) is 12.1 Å². The molecule has 1 aliphatic rings. The molecular formula is C11H11NO6S. The second kappa shape index (κ2) is 4.96. The maximum absolute atomic E-state index is 11.3. The highest BCUT2D eigenvalue weighted by molar-refractivity contribution is 7.91. The van der Waals surface area contributed by atoms with Gasteiger partial charge in [-0.3, -0.25) is 14.9 Å². The number of nitro benzene ring substituents is 1. The first-order valence-corrected chi connectivity index (χ1v) is 7.34. The highest BCUT2D eigenvalue weighted by atomic mass is 32.2. The molecule has 102 valence electrons. The molecule has 0 bridgehead atoms. The van der Waals surface area contributed by atoms with Crippen LogP contribution in [0.5, 0.6) is 5.75 Å². The Labute approximate surface area is 109 Å². The predicted octanol–water partition coefficient (Wildman–Crippen LogP) is 0.973. The maximum Gasteiger partial charge on any atom is 0.270 e. The standard InChI is InChI=1S/C11H11NO6S/c13-6-8-5-9(12(14)15)1-2-11(8)18-10-3-4-19(16,17)7-10/h1-2,5-6,10H,3-4,7H2. The Hall–Kier alpha value is -1.96. The van der Waals surface area contributed by atoms with E-state index in [0.29, 0.717) is 12.7 Å². The Kier molecular flexibility index (Phi) is 3.52. The molecule has 7 nitrogen and oxygen atoms in total. The van der Waals surface area contributed by atoms with Crippen LogP contribution in [0.3, 0.4) is 0 Å². The van der Waals surface area contributed by atoms with Crippen LogP contribution in [0.4, 0.5) is 5.69 Å². The van der Waals surface area contributed by atoms with E-state index in [0.717, 1.165) is 6.07 Å². The van der Waals surface area contributed by atoms with Crippen molar-refractivity contribution in [1.29, 1.82) is 0 Å². The van der Waals surface area contributed by atoms with E-state index in [-0.39, 0.29) is 28.5 Å². The van der Waals surface area contributed by atoms with Gasteiger partial charge in [0.25, 0.3) is 5.69 Å². The zero-order valence-electron chi connectivity index (χ0n) is 9.81. The molecule has 0 aliphatic carbocycles. The molecule has 19 heavy (non-hydrogen) atoms. The van der Waals surface area contributed by atoms with E-state index in [1.165, 1.54) is 12.1 Å². The lowest BCUT2D eigenvalue weighted by atomic mass is 10.2. The summed E-state index contributed by atoms with van der Waals surface area (Å²) in [5.41, 5.74) is -0.174. The van der Waals surface area contributed by atoms with Crippen LogP contribution >= 0.6 is 0 Å². The van der Waals surface area contributed by atoms with Crippen molar-refractivity contribution in [2.45, 2.75) is 12.5 Å². The minimum atomic E-state index is -3.08. The van der Waals surface area contributed by atoms with Crippen LogP contribution in [0.1, 0.15) is 16.8 Å². The molecule has 0 saturated carbocycles. The maximum atomic E-state index is 11.3. The third-order valence-corrected chi connectivity index (χ3v) is 4.55. The summed E-state index contributed by atoms with van der Waals surface area (Å²) in [7, 11) is -3.08. The van der Waals surface area contributed by atoms with E-state index in [1.807, 2.05) is 0 Å². The highest BCUT2D eigenvalue weighted by Gasteiger charge is 2.30. The van der Waals surface area contributed by atoms with E-state index in [1.54, 1.807) is 0 Å². The second-order valence-corrected chi connectivity index (χ2v) is 6.47. The smallest absolute Gasteiger partial charge is 0.270 e. The molecule has 0 N–H and O–H groups in total. The van der Waals surface area contributed by atoms with Crippen LogP contribution in [0.25, 0.3) is 0 Å². The second-order valence-electron chi connectivity index (χ2n) is 4.24. The van der Waals surface area contributed by atoms with Gasteiger partial charge < -0.3 is 4.74 Å². The molecule has 1 aliphatic heterocycles. The first-order chi connectivity index (χ1) is 8.91. The molecule has 0 radical (unpaired) electrons. The number of nitrogens with zero attached hydrogens (tertiary/aromatic N) is 1. The number of aldehydes is 1. The van der Waals surface area contributed by atoms with Crippen molar-refractivity contribution in [1.82, 2.24) is 0 Å². The summed E-state index contributed by atoms with van der Waals surface area (Å²) in [5, 5.41) is 10.6. The lowest BCUT2D eigenvalue weighted by Gasteiger charge is -2.13. The Morgan fingerprint density at radius 3 is 2.68 bits per heavy atom. The fourth-order valence-corrected chi connectivity index (χ4v) is 3.47. The fourth-order valence-electron chi connectivity index (χ4n) is 1.88. The number of benzene rings is 1. The minimum absolute atomic E-state index is 0.0403. The van der Waals surface area contributed by atoms with Crippen molar-refractivity contribution in [3.8, 4) is 5.75 Å². The van der Waals surface area contributed by atoms with Gasteiger partial charge in [0.05, 0.1) is 22.0 Å². The molecule has 1 saturated heterocycles. The van der Waals surface area contributed by atoms with Crippen molar-refractivity contribution < 1.29 is 22.9 Å². The summed E-state index contributed by atoms with van der Waals surface area (Å²) in [6.07, 6.45) is 0.300. The number of carbonyl (C=O) groups is 1. The number of hydrogen-bond acceptors (Lipinski definition) is 6. The summed E-state index contributed by atoms with van der Waals surface area (Å²) >= 11 is 0. The molecule has 1 heterocycles. The van der Waals surface area contributed by atoms with E-state index in [2.05, 4.69) is 0 Å². The van der Waals surface area contributed by atoms with E-state index in [4.69, 9.17) is 4.74 Å². The molecule has 1 fully saturated rings. The van der Waals surface area contributed by atoms with Crippen molar-refractivity contribution in [3.05, 3.63) is 33.9 Å². The number of sulfone groups is 1. The molecular weight excluding hydrogens is 274 g/mol. The summed E-state index contributed by atoms with van der Waals surface area (Å²) in [6.45, 7) is 0. The first kappa shape index (κ1) is 13.5. The lowest BCUT2D eigenvalue weighted by Crippen LogP contribution is -2.18. The largest absolute Gasteiger partial charge is 0.489 e. The molecule has 1 aromatic carbocycles. The molecule has 0 aromatic heterocycles. The van der Waals surface area contributed by atoms with Gasteiger partial charge in [-0.05, 0) is 12.5 Å². The molecule has 1 atom stereocenters. The molecule has 1 unspecified atom stereocenters. The topological polar surface area (TPSA) is 104 Å². The Morgan fingerprint density at radius 2 is 2.16 bits per heavy atom. The number of nitro groups is 1. The van der Waals surface area contributed by atoms with Crippen LogP contribution in [0, 0.1) is 10.1 Å². The number of rotatable bonds is 4. The number of ether oxygens (including phenoxy) is 1. The van der Waals surface area contributed by atoms with Crippen molar-refractivity contribution in [2.75, 3.05) is 11.5 Å². The average Bonchev–Trinajstić information content (AvgIpc) is 2.69. The van der Waals surface area contributed by atoms with Crippen LogP contribution < -0.4 is 4.74 Å². The quantitative estimate of drug-likeness (QED) is 0.464. The Morgan fingerprint density at radius 1 is 1.42 bits per heavy atom. The van der Waals surface area contributed by atoms with Gasteiger partial charge in [0.1, 0.15) is 11.9 Å².